The predicted molar refractivity (Wildman–Crippen MR) is 81.8 cm³/mol. The molecule has 1 aromatic heterocycles. The van der Waals surface area contributed by atoms with Crippen molar-refractivity contribution in [2.45, 2.75) is 63.8 Å². The van der Waals surface area contributed by atoms with E-state index < -0.39 is 0 Å². The van der Waals surface area contributed by atoms with Crippen molar-refractivity contribution in [3.8, 4) is 0 Å². The summed E-state index contributed by atoms with van der Waals surface area (Å²) in [5.41, 5.74) is 0. The first kappa shape index (κ1) is 12.7. The van der Waals surface area contributed by atoms with Crippen LogP contribution in [-0.4, -0.2) is 16.1 Å². The molecule has 3 nitrogen and oxygen atoms in total. The smallest absolute Gasteiger partial charge is 0.203 e. The molecule has 0 radical (unpaired) electrons. The molecule has 0 aromatic carbocycles. The van der Waals surface area contributed by atoms with Crippen LogP contribution in [0.1, 0.15) is 63.8 Å². The predicted octanol–water partition coefficient (Wildman–Crippen LogP) is 4.24. The fourth-order valence-corrected chi connectivity index (χ4v) is 4.95. The van der Waals surface area contributed by atoms with Gasteiger partial charge in [0.15, 0.2) is 0 Å². The van der Waals surface area contributed by atoms with Crippen molar-refractivity contribution in [2.75, 3.05) is 11.9 Å². The first-order chi connectivity index (χ1) is 9.90. The molecule has 0 aliphatic heterocycles. The van der Waals surface area contributed by atoms with Gasteiger partial charge < -0.3 is 9.88 Å². The molecule has 4 rings (SSSR count). The van der Waals surface area contributed by atoms with E-state index in [1.807, 2.05) is 6.20 Å². The van der Waals surface area contributed by atoms with Gasteiger partial charge in [0.25, 0.3) is 0 Å². The van der Waals surface area contributed by atoms with Crippen LogP contribution in [0.5, 0.6) is 0 Å². The van der Waals surface area contributed by atoms with E-state index in [1.165, 1.54) is 57.8 Å². The highest BCUT2D eigenvalue weighted by atomic mass is 15.2. The lowest BCUT2D eigenvalue weighted by Gasteiger charge is -2.26. The van der Waals surface area contributed by atoms with Crippen LogP contribution < -0.4 is 5.32 Å². The SMILES string of the molecule is c1cn(C2CCCCC2)c(NCC2CC3CCC2C3)n1. The minimum atomic E-state index is 0.689. The van der Waals surface area contributed by atoms with Gasteiger partial charge in [0, 0.05) is 25.0 Å². The Labute approximate surface area is 122 Å². The van der Waals surface area contributed by atoms with Gasteiger partial charge in [-0.2, -0.15) is 0 Å². The third-order valence-electron chi connectivity index (χ3n) is 6.04. The maximum absolute atomic E-state index is 4.57. The number of imidazole rings is 1. The fourth-order valence-electron chi connectivity index (χ4n) is 4.95. The highest BCUT2D eigenvalue weighted by Gasteiger charge is 2.39. The van der Waals surface area contributed by atoms with Crippen LogP contribution in [0.15, 0.2) is 12.4 Å². The Morgan fingerprint density at radius 1 is 1.10 bits per heavy atom. The summed E-state index contributed by atoms with van der Waals surface area (Å²) in [6.07, 6.45) is 16.9. The number of hydrogen-bond donors (Lipinski definition) is 1. The van der Waals surface area contributed by atoms with Crippen LogP contribution >= 0.6 is 0 Å². The van der Waals surface area contributed by atoms with Crippen LogP contribution in [-0.2, 0) is 0 Å². The summed E-state index contributed by atoms with van der Waals surface area (Å²) in [4.78, 5) is 4.57. The van der Waals surface area contributed by atoms with E-state index in [0.29, 0.717) is 6.04 Å². The number of hydrogen-bond acceptors (Lipinski definition) is 2. The molecule has 3 aliphatic rings. The Kier molecular flexibility index (Phi) is 3.45. The second-order valence-electron chi connectivity index (χ2n) is 7.27. The summed E-state index contributed by atoms with van der Waals surface area (Å²) in [5, 5.41) is 3.67. The number of anilines is 1. The van der Waals surface area contributed by atoms with Gasteiger partial charge in [-0.15, -0.1) is 0 Å². The molecule has 2 bridgehead atoms. The molecule has 0 saturated heterocycles. The van der Waals surface area contributed by atoms with E-state index in [1.54, 1.807) is 0 Å². The average molecular weight is 273 g/mol. The summed E-state index contributed by atoms with van der Waals surface area (Å²) in [7, 11) is 0. The standard InChI is InChI=1S/C17H27N3/c1-2-4-16(5-3-1)20-9-8-18-17(20)19-12-15-11-13-6-7-14(15)10-13/h8-9,13-16H,1-7,10-12H2,(H,18,19). The maximum Gasteiger partial charge on any atom is 0.203 e. The molecule has 3 saturated carbocycles. The number of aromatic nitrogens is 2. The molecule has 3 unspecified atom stereocenters. The van der Waals surface area contributed by atoms with Gasteiger partial charge in [-0.3, -0.25) is 0 Å². The molecule has 0 spiro atoms. The fraction of sp³-hybridized carbons (Fsp3) is 0.824. The third kappa shape index (κ3) is 2.36. The lowest BCUT2D eigenvalue weighted by Crippen LogP contribution is -2.23. The Balaban J connectivity index is 1.38. The van der Waals surface area contributed by atoms with Crippen molar-refractivity contribution in [1.29, 1.82) is 0 Å². The molecule has 1 heterocycles. The Morgan fingerprint density at radius 2 is 2.00 bits per heavy atom. The third-order valence-corrected chi connectivity index (χ3v) is 6.04. The van der Waals surface area contributed by atoms with Gasteiger partial charge in [0.2, 0.25) is 5.95 Å². The summed E-state index contributed by atoms with van der Waals surface area (Å²) >= 11 is 0. The molecule has 1 aromatic rings. The zero-order valence-corrected chi connectivity index (χ0v) is 12.4. The van der Waals surface area contributed by atoms with E-state index in [2.05, 4.69) is 21.1 Å². The normalized spacial score (nSPS) is 33.7. The van der Waals surface area contributed by atoms with Gasteiger partial charge in [-0.05, 0) is 49.9 Å². The van der Waals surface area contributed by atoms with Crippen LogP contribution in [0.4, 0.5) is 5.95 Å². The van der Waals surface area contributed by atoms with Crippen molar-refractivity contribution in [3.05, 3.63) is 12.4 Å². The zero-order chi connectivity index (χ0) is 13.4. The van der Waals surface area contributed by atoms with Crippen molar-refractivity contribution in [2.24, 2.45) is 17.8 Å². The minimum absolute atomic E-state index is 0.689. The van der Waals surface area contributed by atoms with Crippen LogP contribution in [0.25, 0.3) is 0 Å². The van der Waals surface area contributed by atoms with Gasteiger partial charge >= 0.3 is 0 Å². The van der Waals surface area contributed by atoms with Crippen LogP contribution in [0.3, 0.4) is 0 Å². The van der Waals surface area contributed by atoms with Crippen molar-refractivity contribution >= 4 is 5.95 Å². The molecule has 3 aliphatic carbocycles. The van der Waals surface area contributed by atoms with E-state index in [4.69, 9.17) is 0 Å². The van der Waals surface area contributed by atoms with Crippen LogP contribution in [0.2, 0.25) is 0 Å². The molecular formula is C17H27N3. The van der Waals surface area contributed by atoms with E-state index in [9.17, 15) is 0 Å². The van der Waals surface area contributed by atoms with Gasteiger partial charge in [-0.25, -0.2) is 4.98 Å². The van der Waals surface area contributed by atoms with Crippen molar-refractivity contribution in [3.63, 3.8) is 0 Å². The number of nitrogens with one attached hydrogen (secondary N) is 1. The zero-order valence-electron chi connectivity index (χ0n) is 12.4. The molecule has 3 heteroatoms. The highest BCUT2D eigenvalue weighted by Crippen LogP contribution is 2.48. The molecule has 1 N–H and O–H groups in total. The maximum atomic E-state index is 4.57. The average Bonchev–Trinajstić information content (AvgIpc) is 3.22. The largest absolute Gasteiger partial charge is 0.355 e. The van der Waals surface area contributed by atoms with E-state index in [-0.39, 0.29) is 0 Å². The van der Waals surface area contributed by atoms with Crippen molar-refractivity contribution < 1.29 is 0 Å². The van der Waals surface area contributed by atoms with E-state index in [0.717, 1.165) is 30.2 Å². The van der Waals surface area contributed by atoms with Gasteiger partial charge in [0.05, 0.1) is 0 Å². The summed E-state index contributed by atoms with van der Waals surface area (Å²) < 4.78 is 2.41. The lowest BCUT2D eigenvalue weighted by molar-refractivity contribution is 0.341. The second kappa shape index (κ2) is 5.42. The minimum Gasteiger partial charge on any atom is -0.355 e. The molecular weight excluding hydrogens is 246 g/mol. The molecule has 0 amide bonds. The lowest BCUT2D eigenvalue weighted by atomic mass is 9.89. The molecule has 3 atom stereocenters. The molecule has 110 valence electrons. The van der Waals surface area contributed by atoms with Crippen molar-refractivity contribution in [1.82, 2.24) is 9.55 Å². The summed E-state index contributed by atoms with van der Waals surface area (Å²) in [6, 6.07) is 0.689. The number of rotatable bonds is 4. The molecule has 20 heavy (non-hydrogen) atoms. The quantitative estimate of drug-likeness (QED) is 0.889. The Bertz CT molecular complexity index is 447. The topological polar surface area (TPSA) is 29.9 Å². The first-order valence-corrected chi connectivity index (χ1v) is 8.67. The van der Waals surface area contributed by atoms with Crippen LogP contribution in [0, 0.1) is 17.8 Å². The highest BCUT2D eigenvalue weighted by molar-refractivity contribution is 5.27. The summed E-state index contributed by atoms with van der Waals surface area (Å²) in [6.45, 7) is 1.14. The van der Waals surface area contributed by atoms with Gasteiger partial charge in [-0.1, -0.05) is 25.7 Å². The summed E-state index contributed by atoms with van der Waals surface area (Å²) in [5.74, 6) is 4.08. The Hall–Kier alpha value is -0.990. The number of fused-ring (bicyclic) bond motifs is 2. The van der Waals surface area contributed by atoms with E-state index >= 15 is 0 Å². The van der Waals surface area contributed by atoms with Gasteiger partial charge in [0.1, 0.15) is 0 Å². The Morgan fingerprint density at radius 3 is 2.75 bits per heavy atom. The molecule has 3 fully saturated rings. The second-order valence-corrected chi connectivity index (χ2v) is 7.27. The monoisotopic (exact) mass is 273 g/mol. The first-order valence-electron chi connectivity index (χ1n) is 8.67. The number of nitrogens with zero attached hydrogens (tertiary/aromatic N) is 2.